The van der Waals surface area contributed by atoms with E-state index in [0.717, 1.165) is 26.2 Å². The molecule has 96 valence electrons. The van der Waals surface area contributed by atoms with E-state index in [-0.39, 0.29) is 11.9 Å². The zero-order valence-electron chi connectivity index (χ0n) is 10.6. The van der Waals surface area contributed by atoms with Crippen molar-refractivity contribution in [2.45, 2.75) is 12.6 Å². The summed E-state index contributed by atoms with van der Waals surface area (Å²) >= 11 is 0. The maximum Gasteiger partial charge on any atom is 0.179 e. The molecule has 3 nitrogen and oxygen atoms in total. The van der Waals surface area contributed by atoms with E-state index < -0.39 is 0 Å². The minimum Gasteiger partial charge on any atom is -0.495 e. The first-order valence-corrected chi connectivity index (χ1v) is 6.24. The van der Waals surface area contributed by atoms with Crippen molar-refractivity contribution in [3.63, 3.8) is 0 Å². The second kappa shape index (κ2) is 5.74. The van der Waals surface area contributed by atoms with E-state index in [9.17, 15) is 5.11 Å². The highest BCUT2D eigenvalue weighted by atomic mass is 16.3. The van der Waals surface area contributed by atoms with Crippen LogP contribution >= 0.6 is 0 Å². The van der Waals surface area contributed by atoms with E-state index >= 15 is 0 Å². The van der Waals surface area contributed by atoms with Crippen LogP contribution in [0.25, 0.3) is 0 Å². The summed E-state index contributed by atoms with van der Waals surface area (Å²) in [6, 6.07) is 10.6. The smallest absolute Gasteiger partial charge is 0.179 e. The third kappa shape index (κ3) is 2.93. The molecule has 3 heteroatoms. The van der Waals surface area contributed by atoms with Gasteiger partial charge in [0.05, 0.1) is 6.04 Å². The van der Waals surface area contributed by atoms with Crippen LogP contribution in [0.3, 0.4) is 0 Å². The number of rotatable bonds is 4. The molecule has 1 aliphatic rings. The highest BCUT2D eigenvalue weighted by molar-refractivity contribution is 5.15. The van der Waals surface area contributed by atoms with Crippen LogP contribution in [0.15, 0.2) is 55.4 Å². The normalized spacial score (nSPS) is 20.7. The minimum atomic E-state index is 0.138. The summed E-state index contributed by atoms with van der Waals surface area (Å²) in [5.74, 6) is 0.138. The maximum atomic E-state index is 9.52. The van der Waals surface area contributed by atoms with Crippen molar-refractivity contribution in [2.24, 2.45) is 0 Å². The van der Waals surface area contributed by atoms with Crippen molar-refractivity contribution in [3.05, 3.63) is 61.0 Å². The molecule has 1 N–H and O–H groups in total. The molecule has 2 rings (SSSR count). The van der Waals surface area contributed by atoms with Gasteiger partial charge in [-0.1, -0.05) is 36.4 Å². The lowest BCUT2D eigenvalue weighted by Crippen LogP contribution is -2.51. The van der Waals surface area contributed by atoms with Gasteiger partial charge in [-0.25, -0.2) is 0 Å². The highest BCUT2D eigenvalue weighted by Crippen LogP contribution is 2.16. The van der Waals surface area contributed by atoms with Gasteiger partial charge < -0.3 is 10.0 Å². The standard InChI is InChI=1S/C15H20N2O/c1-3-15-12-16(9-10-17(15)13(2)18)11-14-7-5-4-6-8-14/h3-8,15,18H,1-2,9-12H2. The summed E-state index contributed by atoms with van der Waals surface area (Å²) in [5.41, 5.74) is 1.32. The van der Waals surface area contributed by atoms with Crippen LogP contribution in [-0.2, 0) is 6.54 Å². The fourth-order valence-corrected chi connectivity index (χ4v) is 2.38. The molecule has 1 heterocycles. The van der Waals surface area contributed by atoms with E-state index in [0.29, 0.717) is 0 Å². The van der Waals surface area contributed by atoms with E-state index in [1.807, 2.05) is 17.0 Å². The molecule has 1 atom stereocenters. The molecule has 1 unspecified atom stereocenters. The molecule has 0 aromatic heterocycles. The van der Waals surface area contributed by atoms with Crippen LogP contribution in [-0.4, -0.2) is 40.6 Å². The summed E-state index contributed by atoms with van der Waals surface area (Å²) in [6.07, 6.45) is 1.87. The predicted molar refractivity (Wildman–Crippen MR) is 74.2 cm³/mol. The second-order valence-electron chi connectivity index (χ2n) is 4.63. The molecule has 0 spiro atoms. The Labute approximate surface area is 109 Å². The summed E-state index contributed by atoms with van der Waals surface area (Å²) in [4.78, 5) is 4.27. The molecular weight excluding hydrogens is 224 g/mol. The molecule has 0 radical (unpaired) electrons. The van der Waals surface area contributed by atoms with Crippen LogP contribution in [0.2, 0.25) is 0 Å². The molecule has 0 saturated carbocycles. The number of hydrogen-bond acceptors (Lipinski definition) is 3. The first-order chi connectivity index (χ1) is 8.70. The van der Waals surface area contributed by atoms with Crippen molar-refractivity contribution in [1.29, 1.82) is 0 Å². The molecule has 1 aromatic rings. The van der Waals surface area contributed by atoms with Gasteiger partial charge >= 0.3 is 0 Å². The van der Waals surface area contributed by atoms with Crippen molar-refractivity contribution < 1.29 is 5.11 Å². The molecule has 1 saturated heterocycles. The SMILES string of the molecule is C=CC1CN(Cc2ccccc2)CCN1C(=C)O. The Bertz CT molecular complexity index is 416. The third-order valence-electron chi connectivity index (χ3n) is 3.36. The quantitative estimate of drug-likeness (QED) is 0.651. The van der Waals surface area contributed by atoms with E-state index in [2.05, 4.69) is 42.3 Å². The van der Waals surface area contributed by atoms with Crippen LogP contribution in [0.5, 0.6) is 0 Å². The van der Waals surface area contributed by atoms with Gasteiger partial charge in [0.25, 0.3) is 0 Å². The summed E-state index contributed by atoms with van der Waals surface area (Å²) in [6.45, 7) is 11.0. The fraction of sp³-hybridized carbons (Fsp3) is 0.333. The van der Waals surface area contributed by atoms with Crippen molar-refractivity contribution in [1.82, 2.24) is 9.80 Å². The van der Waals surface area contributed by atoms with Gasteiger partial charge in [0.15, 0.2) is 5.88 Å². The van der Waals surface area contributed by atoms with Gasteiger partial charge in [0.1, 0.15) is 0 Å². The van der Waals surface area contributed by atoms with Crippen LogP contribution in [0, 0.1) is 0 Å². The Kier molecular flexibility index (Phi) is 4.05. The van der Waals surface area contributed by atoms with E-state index in [1.165, 1.54) is 5.56 Å². The molecule has 1 aromatic carbocycles. The summed E-state index contributed by atoms with van der Waals surface area (Å²) in [5, 5.41) is 9.52. The third-order valence-corrected chi connectivity index (χ3v) is 3.36. The molecule has 0 aliphatic carbocycles. The monoisotopic (exact) mass is 244 g/mol. The van der Waals surface area contributed by atoms with Crippen molar-refractivity contribution in [2.75, 3.05) is 19.6 Å². The van der Waals surface area contributed by atoms with Gasteiger partial charge in [-0.15, -0.1) is 6.58 Å². The Balaban J connectivity index is 1.98. The molecule has 0 amide bonds. The lowest BCUT2D eigenvalue weighted by molar-refractivity contribution is 0.0787. The Hall–Kier alpha value is -1.74. The average Bonchev–Trinajstić information content (AvgIpc) is 2.39. The zero-order valence-corrected chi connectivity index (χ0v) is 10.6. The number of aliphatic hydroxyl groups excluding tert-OH is 1. The number of nitrogens with zero attached hydrogens (tertiary/aromatic N) is 2. The average molecular weight is 244 g/mol. The lowest BCUT2D eigenvalue weighted by Gasteiger charge is -2.40. The van der Waals surface area contributed by atoms with Crippen molar-refractivity contribution in [3.8, 4) is 0 Å². The Morgan fingerprint density at radius 1 is 1.33 bits per heavy atom. The minimum absolute atomic E-state index is 0.138. The molecule has 1 aliphatic heterocycles. The van der Waals surface area contributed by atoms with Gasteiger partial charge in [-0.3, -0.25) is 4.90 Å². The first kappa shape index (κ1) is 12.7. The molecular formula is C15H20N2O. The lowest BCUT2D eigenvalue weighted by atomic mass is 10.1. The second-order valence-corrected chi connectivity index (χ2v) is 4.63. The highest BCUT2D eigenvalue weighted by Gasteiger charge is 2.25. The van der Waals surface area contributed by atoms with Crippen LogP contribution in [0.4, 0.5) is 0 Å². The van der Waals surface area contributed by atoms with Gasteiger partial charge in [-0.2, -0.15) is 0 Å². The molecule has 18 heavy (non-hydrogen) atoms. The van der Waals surface area contributed by atoms with Crippen LogP contribution in [0.1, 0.15) is 5.56 Å². The van der Waals surface area contributed by atoms with E-state index in [4.69, 9.17) is 0 Å². The van der Waals surface area contributed by atoms with Gasteiger partial charge in [0.2, 0.25) is 0 Å². The van der Waals surface area contributed by atoms with Crippen molar-refractivity contribution >= 4 is 0 Å². The summed E-state index contributed by atoms with van der Waals surface area (Å²) in [7, 11) is 0. The summed E-state index contributed by atoms with van der Waals surface area (Å²) < 4.78 is 0. The Morgan fingerprint density at radius 3 is 2.67 bits per heavy atom. The van der Waals surface area contributed by atoms with Gasteiger partial charge in [-0.05, 0) is 12.1 Å². The predicted octanol–water partition coefficient (Wildman–Crippen LogP) is 2.39. The number of hydrogen-bond donors (Lipinski definition) is 1. The fourth-order valence-electron chi connectivity index (χ4n) is 2.38. The molecule has 1 fully saturated rings. The first-order valence-electron chi connectivity index (χ1n) is 6.24. The molecule has 0 bridgehead atoms. The number of aliphatic hydroxyl groups is 1. The van der Waals surface area contributed by atoms with Crippen LogP contribution < -0.4 is 0 Å². The van der Waals surface area contributed by atoms with Gasteiger partial charge in [0, 0.05) is 26.2 Å². The topological polar surface area (TPSA) is 26.7 Å². The maximum absolute atomic E-state index is 9.52. The largest absolute Gasteiger partial charge is 0.495 e. The number of benzene rings is 1. The van der Waals surface area contributed by atoms with E-state index in [1.54, 1.807) is 0 Å². The number of piperazine rings is 1. The zero-order chi connectivity index (χ0) is 13.0. The Morgan fingerprint density at radius 2 is 2.06 bits per heavy atom.